The third-order valence-corrected chi connectivity index (χ3v) is 5.03. The molecule has 134 valence electrons. The van der Waals surface area contributed by atoms with Crippen molar-refractivity contribution < 1.29 is 14.5 Å². The lowest BCUT2D eigenvalue weighted by Crippen LogP contribution is -2.25. The summed E-state index contributed by atoms with van der Waals surface area (Å²) in [6, 6.07) is 14.0. The number of carbonyl (C=O) groups is 1. The smallest absolute Gasteiger partial charge is 0.270 e. The van der Waals surface area contributed by atoms with Crippen LogP contribution in [0.15, 0.2) is 48.5 Å². The van der Waals surface area contributed by atoms with Gasteiger partial charge < -0.3 is 9.64 Å². The van der Waals surface area contributed by atoms with Crippen molar-refractivity contribution in [3.8, 4) is 5.75 Å². The Hall–Kier alpha value is -2.93. The van der Waals surface area contributed by atoms with Crippen molar-refractivity contribution in [2.24, 2.45) is 0 Å². The molecule has 1 heterocycles. The molecule has 0 fully saturated rings. The van der Waals surface area contributed by atoms with Crippen LogP contribution in [0.25, 0.3) is 10.1 Å². The van der Waals surface area contributed by atoms with Gasteiger partial charge in [-0.05, 0) is 36.8 Å². The zero-order valence-electron chi connectivity index (χ0n) is 14.5. The number of thiophene rings is 1. The van der Waals surface area contributed by atoms with Crippen LogP contribution in [0.3, 0.4) is 0 Å². The molecule has 0 atom stereocenters. The molecule has 0 aliphatic heterocycles. The standard InChI is InChI=1S/C19H18N2O4S/c1-3-25-16-7-4-13(5-8-16)12-20(2)19(22)18-11-14-10-15(21(23)24)6-9-17(14)26-18/h4-11H,3,12H2,1-2H3. The number of benzene rings is 2. The number of ether oxygens (including phenoxy) is 1. The Morgan fingerprint density at radius 2 is 1.92 bits per heavy atom. The maximum absolute atomic E-state index is 12.7. The van der Waals surface area contributed by atoms with Gasteiger partial charge in [-0.1, -0.05) is 12.1 Å². The number of carbonyl (C=O) groups excluding carboxylic acids is 1. The zero-order valence-corrected chi connectivity index (χ0v) is 15.3. The molecule has 0 N–H and O–H groups in total. The second-order valence-electron chi connectivity index (χ2n) is 5.83. The molecule has 0 saturated carbocycles. The summed E-state index contributed by atoms with van der Waals surface area (Å²) in [7, 11) is 1.74. The van der Waals surface area contributed by atoms with Crippen molar-refractivity contribution in [2.75, 3.05) is 13.7 Å². The van der Waals surface area contributed by atoms with Gasteiger partial charge in [0.15, 0.2) is 0 Å². The Labute approximate surface area is 154 Å². The Morgan fingerprint density at radius 3 is 2.58 bits per heavy atom. The monoisotopic (exact) mass is 370 g/mol. The summed E-state index contributed by atoms with van der Waals surface area (Å²) in [5, 5.41) is 11.6. The van der Waals surface area contributed by atoms with Gasteiger partial charge in [0.25, 0.3) is 11.6 Å². The molecule has 0 radical (unpaired) electrons. The lowest BCUT2D eigenvalue weighted by Gasteiger charge is -2.16. The fraction of sp³-hybridized carbons (Fsp3) is 0.211. The van der Waals surface area contributed by atoms with E-state index in [1.165, 1.54) is 23.5 Å². The van der Waals surface area contributed by atoms with E-state index in [0.29, 0.717) is 23.4 Å². The molecule has 1 aromatic heterocycles. The maximum Gasteiger partial charge on any atom is 0.270 e. The van der Waals surface area contributed by atoms with E-state index < -0.39 is 4.92 Å². The number of nitro benzene ring substituents is 1. The van der Waals surface area contributed by atoms with Crippen LogP contribution in [0.4, 0.5) is 5.69 Å². The second kappa shape index (κ2) is 7.53. The van der Waals surface area contributed by atoms with Crippen molar-refractivity contribution in [3.05, 3.63) is 69.1 Å². The Bertz CT molecular complexity index is 950. The van der Waals surface area contributed by atoms with Crippen LogP contribution >= 0.6 is 11.3 Å². The third kappa shape index (κ3) is 3.83. The molecule has 0 unspecified atom stereocenters. The first-order chi connectivity index (χ1) is 12.5. The number of nitro groups is 1. The van der Waals surface area contributed by atoms with Gasteiger partial charge >= 0.3 is 0 Å². The van der Waals surface area contributed by atoms with E-state index in [0.717, 1.165) is 16.0 Å². The van der Waals surface area contributed by atoms with E-state index in [2.05, 4.69) is 0 Å². The van der Waals surface area contributed by atoms with E-state index in [1.807, 2.05) is 31.2 Å². The molecule has 3 rings (SSSR count). The van der Waals surface area contributed by atoms with Gasteiger partial charge in [0.2, 0.25) is 0 Å². The average molecular weight is 370 g/mol. The highest BCUT2D eigenvalue weighted by atomic mass is 32.1. The van der Waals surface area contributed by atoms with E-state index in [-0.39, 0.29) is 11.6 Å². The number of nitrogens with zero attached hydrogens (tertiary/aromatic N) is 2. The number of hydrogen-bond acceptors (Lipinski definition) is 5. The molecule has 6 nitrogen and oxygen atoms in total. The van der Waals surface area contributed by atoms with Gasteiger partial charge in [-0.25, -0.2) is 0 Å². The number of non-ortho nitro benzene ring substituents is 1. The molecule has 2 aromatic carbocycles. The molecule has 0 saturated heterocycles. The fourth-order valence-electron chi connectivity index (χ4n) is 2.64. The highest BCUT2D eigenvalue weighted by Crippen LogP contribution is 2.29. The Morgan fingerprint density at radius 1 is 1.19 bits per heavy atom. The summed E-state index contributed by atoms with van der Waals surface area (Å²) in [5.41, 5.74) is 1.03. The quantitative estimate of drug-likeness (QED) is 0.474. The highest BCUT2D eigenvalue weighted by molar-refractivity contribution is 7.20. The Balaban J connectivity index is 1.75. The predicted octanol–water partition coefficient (Wildman–Crippen LogP) is 4.48. The van der Waals surface area contributed by atoms with E-state index in [9.17, 15) is 14.9 Å². The molecular weight excluding hydrogens is 352 g/mol. The van der Waals surface area contributed by atoms with Crippen LogP contribution < -0.4 is 4.74 Å². The molecule has 0 aliphatic rings. The molecule has 3 aromatic rings. The third-order valence-electron chi connectivity index (χ3n) is 3.92. The lowest BCUT2D eigenvalue weighted by molar-refractivity contribution is -0.384. The zero-order chi connectivity index (χ0) is 18.7. The van der Waals surface area contributed by atoms with Gasteiger partial charge in [-0.2, -0.15) is 0 Å². The first-order valence-corrected chi connectivity index (χ1v) is 8.94. The van der Waals surface area contributed by atoms with Gasteiger partial charge in [0.1, 0.15) is 5.75 Å². The Kier molecular flexibility index (Phi) is 5.18. The summed E-state index contributed by atoms with van der Waals surface area (Å²) in [6.07, 6.45) is 0. The molecule has 26 heavy (non-hydrogen) atoms. The SMILES string of the molecule is CCOc1ccc(CN(C)C(=O)c2cc3cc([N+](=O)[O-])ccc3s2)cc1. The van der Waals surface area contributed by atoms with Crippen LogP contribution in [-0.4, -0.2) is 29.4 Å². The summed E-state index contributed by atoms with van der Waals surface area (Å²) in [5.74, 6) is 0.694. The number of amides is 1. The fourth-order valence-corrected chi connectivity index (χ4v) is 3.68. The molecule has 0 aliphatic carbocycles. The molecule has 7 heteroatoms. The van der Waals surface area contributed by atoms with Crippen molar-refractivity contribution in [3.63, 3.8) is 0 Å². The lowest BCUT2D eigenvalue weighted by atomic mass is 10.2. The minimum atomic E-state index is -0.434. The van der Waals surface area contributed by atoms with Crippen LogP contribution in [-0.2, 0) is 6.54 Å². The largest absolute Gasteiger partial charge is 0.494 e. The summed E-state index contributed by atoms with van der Waals surface area (Å²) in [4.78, 5) is 25.3. The second-order valence-corrected chi connectivity index (χ2v) is 6.91. The minimum absolute atomic E-state index is 0.0250. The summed E-state index contributed by atoms with van der Waals surface area (Å²) >= 11 is 1.34. The minimum Gasteiger partial charge on any atom is -0.494 e. The number of rotatable bonds is 6. The number of fused-ring (bicyclic) bond motifs is 1. The van der Waals surface area contributed by atoms with Crippen molar-refractivity contribution in [2.45, 2.75) is 13.5 Å². The predicted molar refractivity (Wildman–Crippen MR) is 102 cm³/mol. The molecule has 0 spiro atoms. The van der Waals surface area contributed by atoms with Gasteiger partial charge in [-0.15, -0.1) is 11.3 Å². The maximum atomic E-state index is 12.7. The van der Waals surface area contributed by atoms with Crippen LogP contribution in [0.2, 0.25) is 0 Å². The van der Waals surface area contributed by atoms with E-state index in [1.54, 1.807) is 24.1 Å². The molecule has 0 bridgehead atoms. The highest BCUT2D eigenvalue weighted by Gasteiger charge is 2.17. The molecular formula is C19H18N2O4S. The van der Waals surface area contributed by atoms with Gasteiger partial charge in [0.05, 0.1) is 16.4 Å². The van der Waals surface area contributed by atoms with Crippen LogP contribution in [0.1, 0.15) is 22.2 Å². The van der Waals surface area contributed by atoms with Crippen molar-refractivity contribution in [1.82, 2.24) is 4.90 Å². The van der Waals surface area contributed by atoms with Crippen LogP contribution in [0, 0.1) is 10.1 Å². The number of hydrogen-bond donors (Lipinski definition) is 0. The van der Waals surface area contributed by atoms with Crippen molar-refractivity contribution in [1.29, 1.82) is 0 Å². The van der Waals surface area contributed by atoms with E-state index >= 15 is 0 Å². The summed E-state index contributed by atoms with van der Waals surface area (Å²) in [6.45, 7) is 3.02. The first kappa shape index (κ1) is 17.9. The van der Waals surface area contributed by atoms with E-state index in [4.69, 9.17) is 4.74 Å². The van der Waals surface area contributed by atoms with Gasteiger partial charge in [-0.3, -0.25) is 14.9 Å². The molecule has 1 amide bonds. The normalized spacial score (nSPS) is 10.7. The average Bonchev–Trinajstić information content (AvgIpc) is 3.06. The van der Waals surface area contributed by atoms with Gasteiger partial charge in [0, 0.05) is 35.8 Å². The van der Waals surface area contributed by atoms with Crippen LogP contribution in [0.5, 0.6) is 5.75 Å². The summed E-state index contributed by atoms with van der Waals surface area (Å²) < 4.78 is 6.27. The van der Waals surface area contributed by atoms with Crippen molar-refractivity contribution >= 4 is 33.0 Å². The first-order valence-electron chi connectivity index (χ1n) is 8.13. The topological polar surface area (TPSA) is 72.7 Å².